The number of hydrogen-bond donors (Lipinski definition) is 2. The summed E-state index contributed by atoms with van der Waals surface area (Å²) in [5.74, 6) is 0.833. The Hall–Kier alpha value is -2.99. The summed E-state index contributed by atoms with van der Waals surface area (Å²) in [6.07, 6.45) is 0.375. The van der Waals surface area contributed by atoms with Crippen LogP contribution in [0.25, 0.3) is 0 Å². The van der Waals surface area contributed by atoms with Crippen LogP contribution < -0.4 is 10.1 Å². The molecule has 6 heteroatoms. The second-order valence-electron chi connectivity index (χ2n) is 8.24. The number of methoxy groups -OCH3 is 1. The summed E-state index contributed by atoms with van der Waals surface area (Å²) in [6, 6.07) is 16.5. The van der Waals surface area contributed by atoms with Crippen LogP contribution in [0.15, 0.2) is 59.5 Å². The van der Waals surface area contributed by atoms with Gasteiger partial charge in [0.1, 0.15) is 16.9 Å². The molecule has 3 aromatic carbocycles. The fraction of sp³-hybridized carbons (Fsp3) is 0.280. The van der Waals surface area contributed by atoms with Crippen molar-refractivity contribution in [3.63, 3.8) is 0 Å². The molecule has 0 amide bonds. The Balaban J connectivity index is 1.83. The van der Waals surface area contributed by atoms with Crippen molar-refractivity contribution in [2.75, 3.05) is 12.4 Å². The minimum absolute atomic E-state index is 0.158. The Bertz CT molecular complexity index is 1210. The van der Waals surface area contributed by atoms with Crippen LogP contribution in [-0.2, 0) is 9.84 Å². The number of benzene rings is 3. The van der Waals surface area contributed by atoms with E-state index in [0.29, 0.717) is 11.3 Å². The van der Waals surface area contributed by atoms with Crippen LogP contribution in [0.2, 0.25) is 0 Å². The molecule has 0 fully saturated rings. The molecule has 1 heterocycles. The molecule has 0 bridgehead atoms. The van der Waals surface area contributed by atoms with Crippen molar-refractivity contribution in [2.24, 2.45) is 0 Å². The van der Waals surface area contributed by atoms with E-state index in [0.717, 1.165) is 39.3 Å². The molecule has 0 spiro atoms. The predicted octanol–water partition coefficient (Wildman–Crippen LogP) is 5.07. The smallest absolute Gasteiger partial charge is 0.199 e. The molecule has 162 valence electrons. The summed E-state index contributed by atoms with van der Waals surface area (Å²) in [5, 5.41) is 12.7. The third-order valence-electron chi connectivity index (χ3n) is 6.04. The van der Waals surface area contributed by atoms with E-state index in [9.17, 15) is 13.5 Å². The molecule has 0 aliphatic carbocycles. The number of ether oxygens (including phenoxy) is 1. The molecule has 0 saturated heterocycles. The first-order valence-corrected chi connectivity index (χ1v) is 11.8. The molecule has 31 heavy (non-hydrogen) atoms. The summed E-state index contributed by atoms with van der Waals surface area (Å²) in [7, 11) is -1.98. The van der Waals surface area contributed by atoms with Gasteiger partial charge in [0.05, 0.1) is 12.0 Å². The van der Waals surface area contributed by atoms with Gasteiger partial charge in [0.25, 0.3) is 0 Å². The molecule has 2 N–H and O–H groups in total. The summed E-state index contributed by atoms with van der Waals surface area (Å²) in [5.41, 5.74) is 5.31. The van der Waals surface area contributed by atoms with E-state index < -0.39 is 15.2 Å². The van der Waals surface area contributed by atoms with Gasteiger partial charge in [0.15, 0.2) is 9.84 Å². The van der Waals surface area contributed by atoms with E-state index >= 15 is 0 Å². The number of sulfone groups is 1. The van der Waals surface area contributed by atoms with Crippen molar-refractivity contribution in [2.45, 2.75) is 43.4 Å². The van der Waals surface area contributed by atoms with E-state index in [-0.39, 0.29) is 11.7 Å². The average Bonchev–Trinajstić information content (AvgIpc) is 2.76. The average molecular weight is 438 g/mol. The first-order valence-electron chi connectivity index (χ1n) is 10.3. The largest absolute Gasteiger partial charge is 0.507 e. The maximum Gasteiger partial charge on any atom is 0.199 e. The number of hydrogen-bond acceptors (Lipinski definition) is 5. The lowest BCUT2D eigenvalue weighted by molar-refractivity contribution is 0.413. The van der Waals surface area contributed by atoms with Gasteiger partial charge in [-0.15, -0.1) is 0 Å². The first kappa shape index (κ1) is 21.2. The van der Waals surface area contributed by atoms with Gasteiger partial charge in [-0.05, 0) is 79.8 Å². The van der Waals surface area contributed by atoms with E-state index in [1.165, 1.54) is 0 Å². The normalized spacial score (nSPS) is 18.2. The monoisotopic (exact) mass is 437 g/mol. The molecule has 2 unspecified atom stereocenters. The van der Waals surface area contributed by atoms with Crippen molar-refractivity contribution in [1.29, 1.82) is 0 Å². The second kappa shape index (κ2) is 7.93. The van der Waals surface area contributed by atoms with Gasteiger partial charge in [0, 0.05) is 11.6 Å². The van der Waals surface area contributed by atoms with Gasteiger partial charge < -0.3 is 15.2 Å². The fourth-order valence-electron chi connectivity index (χ4n) is 4.26. The van der Waals surface area contributed by atoms with Crippen LogP contribution in [0.3, 0.4) is 0 Å². The van der Waals surface area contributed by atoms with Crippen LogP contribution in [0.5, 0.6) is 11.5 Å². The molecule has 1 aliphatic heterocycles. The van der Waals surface area contributed by atoms with Crippen LogP contribution in [-0.4, -0.2) is 26.0 Å². The Morgan fingerprint density at radius 3 is 2.23 bits per heavy atom. The number of aryl methyl sites for hydroxylation is 3. The highest BCUT2D eigenvalue weighted by molar-refractivity contribution is 7.92. The molecule has 1 aliphatic rings. The van der Waals surface area contributed by atoms with Crippen LogP contribution >= 0.6 is 0 Å². The van der Waals surface area contributed by atoms with Crippen LogP contribution in [0.1, 0.15) is 40.2 Å². The lowest BCUT2D eigenvalue weighted by Crippen LogP contribution is -2.35. The Kier molecular flexibility index (Phi) is 5.43. The van der Waals surface area contributed by atoms with Crippen LogP contribution in [0.4, 0.5) is 5.69 Å². The number of phenols is 1. The Labute approximate surface area is 183 Å². The number of rotatable bonds is 4. The maximum atomic E-state index is 13.5. The zero-order valence-electron chi connectivity index (χ0n) is 18.1. The second-order valence-corrected chi connectivity index (χ2v) is 10.4. The van der Waals surface area contributed by atoms with Gasteiger partial charge in [-0.3, -0.25) is 0 Å². The summed E-state index contributed by atoms with van der Waals surface area (Å²) in [6.45, 7) is 5.66. The van der Waals surface area contributed by atoms with Crippen molar-refractivity contribution >= 4 is 15.5 Å². The number of fused-ring (bicyclic) bond motifs is 1. The molecule has 0 radical (unpaired) electrons. The predicted molar refractivity (Wildman–Crippen MR) is 123 cm³/mol. The molecule has 4 rings (SSSR count). The molecular weight excluding hydrogens is 410 g/mol. The van der Waals surface area contributed by atoms with Gasteiger partial charge in [-0.1, -0.05) is 29.8 Å². The maximum absolute atomic E-state index is 13.5. The molecular formula is C25H27NO4S. The Morgan fingerprint density at radius 2 is 1.61 bits per heavy atom. The third-order valence-corrected chi connectivity index (χ3v) is 8.03. The minimum Gasteiger partial charge on any atom is -0.507 e. The molecule has 0 aromatic heterocycles. The topological polar surface area (TPSA) is 75.6 Å². The summed E-state index contributed by atoms with van der Waals surface area (Å²) < 4.78 is 32.4. The summed E-state index contributed by atoms with van der Waals surface area (Å²) >= 11 is 0. The van der Waals surface area contributed by atoms with E-state index in [1.54, 1.807) is 19.2 Å². The van der Waals surface area contributed by atoms with Gasteiger partial charge in [-0.2, -0.15) is 0 Å². The number of aromatic hydroxyl groups is 1. The standard InChI is InChI=1S/C25H27NO4S/c1-15-5-8-20(9-6-15)31(28,29)24-14-21(18-11-16(2)25(27)17(3)12-18)22-13-19(30-4)7-10-23(22)26-24/h5-13,21,24,26-27H,14H2,1-4H3. The van der Waals surface area contributed by atoms with E-state index in [1.807, 2.05) is 63.2 Å². The quantitative estimate of drug-likeness (QED) is 0.596. The van der Waals surface area contributed by atoms with Crippen molar-refractivity contribution in [1.82, 2.24) is 0 Å². The van der Waals surface area contributed by atoms with Crippen molar-refractivity contribution in [3.05, 3.63) is 82.4 Å². The summed E-state index contributed by atoms with van der Waals surface area (Å²) in [4.78, 5) is 0.310. The molecule has 0 saturated carbocycles. The fourth-order valence-corrected chi connectivity index (χ4v) is 5.84. The molecule has 5 nitrogen and oxygen atoms in total. The van der Waals surface area contributed by atoms with Crippen molar-refractivity contribution < 1.29 is 18.3 Å². The van der Waals surface area contributed by atoms with Gasteiger partial charge in [-0.25, -0.2) is 8.42 Å². The third kappa shape index (κ3) is 3.88. The first-order chi connectivity index (χ1) is 14.7. The number of anilines is 1. The number of nitrogens with one attached hydrogen (secondary N) is 1. The van der Waals surface area contributed by atoms with Crippen molar-refractivity contribution in [3.8, 4) is 11.5 Å². The van der Waals surface area contributed by atoms with E-state index in [2.05, 4.69) is 5.32 Å². The minimum atomic E-state index is -3.60. The van der Waals surface area contributed by atoms with Gasteiger partial charge >= 0.3 is 0 Å². The number of phenolic OH excluding ortho intramolecular Hbond substituents is 1. The lowest BCUT2D eigenvalue weighted by Gasteiger charge is -2.34. The highest BCUT2D eigenvalue weighted by Gasteiger charge is 2.36. The zero-order valence-corrected chi connectivity index (χ0v) is 19.0. The SMILES string of the molecule is COc1ccc2c(c1)C(c1cc(C)c(O)c(C)c1)CC(S(=O)(=O)c1ccc(C)cc1)N2. The zero-order chi connectivity index (χ0) is 22.3. The van der Waals surface area contributed by atoms with Crippen LogP contribution in [0, 0.1) is 20.8 Å². The van der Waals surface area contributed by atoms with Gasteiger partial charge in [0.2, 0.25) is 0 Å². The highest BCUT2D eigenvalue weighted by Crippen LogP contribution is 2.43. The Morgan fingerprint density at radius 1 is 0.968 bits per heavy atom. The highest BCUT2D eigenvalue weighted by atomic mass is 32.2. The molecule has 2 atom stereocenters. The van der Waals surface area contributed by atoms with E-state index in [4.69, 9.17) is 4.74 Å². The molecule has 3 aromatic rings. The lowest BCUT2D eigenvalue weighted by atomic mass is 9.83.